The molecule has 0 aliphatic rings. The molecule has 2 N–H and O–H groups in total. The van der Waals surface area contributed by atoms with Crippen LogP contribution < -0.4 is 5.32 Å². The number of aromatic nitrogens is 3. The zero-order valence-electron chi connectivity index (χ0n) is 9.68. The molecule has 0 radical (unpaired) electrons. The second kappa shape index (κ2) is 6.22. The number of hydrogen-bond donors (Lipinski definition) is 2. The molecule has 1 heterocycles. The van der Waals surface area contributed by atoms with Gasteiger partial charge in [-0.3, -0.25) is 4.79 Å². The van der Waals surface area contributed by atoms with E-state index in [1.54, 1.807) is 13.3 Å². The lowest BCUT2D eigenvalue weighted by atomic mass is 10.2. The van der Waals surface area contributed by atoms with E-state index in [1.807, 2.05) is 11.6 Å². The molecule has 6 heteroatoms. The summed E-state index contributed by atoms with van der Waals surface area (Å²) in [5.41, 5.74) is 0. The zero-order valence-corrected chi connectivity index (χ0v) is 9.68. The molecule has 1 unspecified atom stereocenters. The van der Waals surface area contributed by atoms with Crippen molar-refractivity contribution in [2.45, 2.75) is 32.3 Å². The van der Waals surface area contributed by atoms with Gasteiger partial charge in [-0.25, -0.2) is 0 Å². The molecule has 0 saturated carbocycles. The Kier molecular flexibility index (Phi) is 4.91. The van der Waals surface area contributed by atoms with Crippen LogP contribution in [0, 0.1) is 0 Å². The Balaban J connectivity index is 2.16. The lowest BCUT2D eigenvalue weighted by Crippen LogP contribution is -2.26. The fourth-order valence-electron chi connectivity index (χ4n) is 1.28. The number of aryl methyl sites for hydroxylation is 1. The molecule has 0 aliphatic heterocycles. The van der Waals surface area contributed by atoms with Gasteiger partial charge in [0, 0.05) is 26.4 Å². The van der Waals surface area contributed by atoms with Crippen LogP contribution in [0.4, 0.5) is 0 Å². The van der Waals surface area contributed by atoms with E-state index in [0.29, 0.717) is 25.8 Å². The van der Waals surface area contributed by atoms with Crippen molar-refractivity contribution < 1.29 is 9.90 Å². The van der Waals surface area contributed by atoms with Gasteiger partial charge in [0.1, 0.15) is 12.2 Å². The highest BCUT2D eigenvalue weighted by Gasteiger charge is 2.05. The Morgan fingerprint density at radius 3 is 3.00 bits per heavy atom. The van der Waals surface area contributed by atoms with Gasteiger partial charge in [0.25, 0.3) is 0 Å². The lowest BCUT2D eigenvalue weighted by molar-refractivity contribution is -0.121. The summed E-state index contributed by atoms with van der Waals surface area (Å²) >= 11 is 0. The van der Waals surface area contributed by atoms with Crippen molar-refractivity contribution in [3.63, 3.8) is 0 Å². The topological polar surface area (TPSA) is 80.0 Å². The third-order valence-corrected chi connectivity index (χ3v) is 2.27. The van der Waals surface area contributed by atoms with Crippen LogP contribution >= 0.6 is 0 Å². The number of aliphatic hydroxyl groups is 1. The van der Waals surface area contributed by atoms with E-state index < -0.39 is 6.10 Å². The van der Waals surface area contributed by atoms with Crippen LogP contribution in [0.25, 0.3) is 0 Å². The molecule has 90 valence electrons. The standard InChI is InChI=1S/C10H18N4O2/c1-8(15)3-4-10(16)11-6-5-9-13-12-7-14(9)2/h7-8,15H,3-6H2,1-2H3,(H,11,16). The summed E-state index contributed by atoms with van der Waals surface area (Å²) in [7, 11) is 1.87. The maximum Gasteiger partial charge on any atom is 0.220 e. The molecular weight excluding hydrogens is 208 g/mol. The minimum Gasteiger partial charge on any atom is -0.393 e. The molecule has 0 aromatic carbocycles. The maximum absolute atomic E-state index is 11.3. The van der Waals surface area contributed by atoms with Gasteiger partial charge in [-0.2, -0.15) is 0 Å². The van der Waals surface area contributed by atoms with Crippen molar-refractivity contribution in [3.05, 3.63) is 12.2 Å². The van der Waals surface area contributed by atoms with Crippen LogP contribution in [0.3, 0.4) is 0 Å². The molecule has 1 amide bonds. The number of nitrogens with zero attached hydrogens (tertiary/aromatic N) is 3. The van der Waals surface area contributed by atoms with Crippen LogP contribution in [-0.4, -0.2) is 38.4 Å². The average Bonchev–Trinajstić information content (AvgIpc) is 2.61. The van der Waals surface area contributed by atoms with Gasteiger partial charge < -0.3 is 15.0 Å². The first kappa shape index (κ1) is 12.6. The van der Waals surface area contributed by atoms with Gasteiger partial charge in [0.15, 0.2) is 0 Å². The number of rotatable bonds is 6. The molecular formula is C10H18N4O2. The molecule has 1 aromatic rings. The van der Waals surface area contributed by atoms with Gasteiger partial charge in [-0.05, 0) is 13.3 Å². The van der Waals surface area contributed by atoms with Crippen LogP contribution in [0.15, 0.2) is 6.33 Å². The predicted octanol–water partition coefficient (Wildman–Crippen LogP) is -0.365. The Morgan fingerprint density at radius 1 is 1.69 bits per heavy atom. The van der Waals surface area contributed by atoms with E-state index in [4.69, 9.17) is 5.11 Å². The average molecular weight is 226 g/mol. The minimum absolute atomic E-state index is 0.0388. The van der Waals surface area contributed by atoms with Crippen molar-refractivity contribution in [2.75, 3.05) is 6.54 Å². The summed E-state index contributed by atoms with van der Waals surface area (Å²) < 4.78 is 1.82. The molecule has 0 fully saturated rings. The normalized spacial score (nSPS) is 12.4. The highest BCUT2D eigenvalue weighted by molar-refractivity contribution is 5.75. The third-order valence-electron chi connectivity index (χ3n) is 2.27. The third kappa shape index (κ3) is 4.39. The van der Waals surface area contributed by atoms with Crippen molar-refractivity contribution in [1.82, 2.24) is 20.1 Å². The molecule has 1 atom stereocenters. The highest BCUT2D eigenvalue weighted by Crippen LogP contribution is 1.96. The summed E-state index contributed by atoms with van der Waals surface area (Å²) in [4.78, 5) is 11.3. The fourth-order valence-corrected chi connectivity index (χ4v) is 1.28. The smallest absolute Gasteiger partial charge is 0.220 e. The van der Waals surface area contributed by atoms with E-state index >= 15 is 0 Å². The van der Waals surface area contributed by atoms with Gasteiger partial charge in [0.05, 0.1) is 6.10 Å². The Morgan fingerprint density at radius 2 is 2.44 bits per heavy atom. The van der Waals surface area contributed by atoms with Gasteiger partial charge in [0.2, 0.25) is 5.91 Å². The number of amides is 1. The predicted molar refractivity (Wildman–Crippen MR) is 58.6 cm³/mol. The van der Waals surface area contributed by atoms with Crippen molar-refractivity contribution in [1.29, 1.82) is 0 Å². The SMILES string of the molecule is CC(O)CCC(=O)NCCc1nncn1C. The van der Waals surface area contributed by atoms with Crippen LogP contribution in [0.5, 0.6) is 0 Å². The number of nitrogens with one attached hydrogen (secondary N) is 1. The van der Waals surface area contributed by atoms with E-state index in [2.05, 4.69) is 15.5 Å². The molecule has 0 saturated heterocycles. The molecule has 0 bridgehead atoms. The monoisotopic (exact) mass is 226 g/mol. The first-order valence-corrected chi connectivity index (χ1v) is 5.37. The molecule has 1 rings (SSSR count). The second-order valence-corrected chi connectivity index (χ2v) is 3.85. The second-order valence-electron chi connectivity index (χ2n) is 3.85. The van der Waals surface area contributed by atoms with Crippen LogP contribution in [-0.2, 0) is 18.3 Å². The lowest BCUT2D eigenvalue weighted by Gasteiger charge is -2.06. The Bertz CT molecular complexity index is 335. The zero-order chi connectivity index (χ0) is 12.0. The summed E-state index contributed by atoms with van der Waals surface area (Å²) in [6, 6.07) is 0. The first-order valence-electron chi connectivity index (χ1n) is 5.37. The first-order chi connectivity index (χ1) is 7.59. The number of carbonyl (C=O) groups is 1. The van der Waals surface area contributed by atoms with E-state index in [-0.39, 0.29) is 5.91 Å². The summed E-state index contributed by atoms with van der Waals surface area (Å²) in [5.74, 6) is 0.805. The number of carbonyl (C=O) groups excluding carboxylic acids is 1. The van der Waals surface area contributed by atoms with Crippen LogP contribution in [0.1, 0.15) is 25.6 Å². The fraction of sp³-hybridized carbons (Fsp3) is 0.700. The largest absolute Gasteiger partial charge is 0.393 e. The molecule has 0 aliphatic carbocycles. The summed E-state index contributed by atoms with van der Waals surface area (Å²) in [6.45, 7) is 2.22. The Labute approximate surface area is 94.7 Å². The maximum atomic E-state index is 11.3. The van der Waals surface area contributed by atoms with Gasteiger partial charge in [-0.1, -0.05) is 0 Å². The van der Waals surface area contributed by atoms with Gasteiger partial charge >= 0.3 is 0 Å². The van der Waals surface area contributed by atoms with Gasteiger partial charge in [-0.15, -0.1) is 10.2 Å². The Hall–Kier alpha value is -1.43. The number of aliphatic hydroxyl groups excluding tert-OH is 1. The van der Waals surface area contributed by atoms with Crippen molar-refractivity contribution in [3.8, 4) is 0 Å². The van der Waals surface area contributed by atoms with E-state index in [9.17, 15) is 4.79 Å². The summed E-state index contributed by atoms with van der Waals surface area (Å²) in [6.07, 6.45) is 2.72. The molecule has 6 nitrogen and oxygen atoms in total. The summed E-state index contributed by atoms with van der Waals surface area (Å²) in [5, 5.41) is 19.4. The highest BCUT2D eigenvalue weighted by atomic mass is 16.3. The molecule has 0 spiro atoms. The van der Waals surface area contributed by atoms with Crippen LogP contribution in [0.2, 0.25) is 0 Å². The number of hydrogen-bond acceptors (Lipinski definition) is 4. The quantitative estimate of drug-likeness (QED) is 0.694. The molecule has 16 heavy (non-hydrogen) atoms. The molecule has 1 aromatic heterocycles. The van der Waals surface area contributed by atoms with Crippen molar-refractivity contribution >= 4 is 5.91 Å². The van der Waals surface area contributed by atoms with Crippen molar-refractivity contribution in [2.24, 2.45) is 7.05 Å². The minimum atomic E-state index is -0.426. The van der Waals surface area contributed by atoms with E-state index in [0.717, 1.165) is 5.82 Å². The van der Waals surface area contributed by atoms with E-state index in [1.165, 1.54) is 0 Å².